The van der Waals surface area contributed by atoms with Gasteiger partial charge in [0.05, 0.1) is 17.2 Å². The number of rotatable bonds is 6. The Labute approximate surface area is 136 Å². The van der Waals surface area contributed by atoms with Crippen molar-refractivity contribution in [1.82, 2.24) is 15.2 Å². The van der Waals surface area contributed by atoms with Crippen LogP contribution in [0.2, 0.25) is 0 Å². The van der Waals surface area contributed by atoms with Gasteiger partial charge in [0.1, 0.15) is 5.75 Å². The first-order chi connectivity index (χ1) is 10.9. The van der Waals surface area contributed by atoms with Crippen LogP contribution in [0.5, 0.6) is 5.75 Å². The Kier molecular flexibility index (Phi) is 5.86. The van der Waals surface area contributed by atoms with E-state index in [1.807, 2.05) is 12.3 Å². The van der Waals surface area contributed by atoms with Crippen molar-refractivity contribution in [2.75, 3.05) is 7.05 Å². The molecule has 0 aliphatic rings. The molecule has 124 valence electrons. The van der Waals surface area contributed by atoms with Gasteiger partial charge in [-0.15, -0.1) is 11.3 Å². The standard InChI is InChI=1S/C15H17F2N3O2S/c1-10-19-12(9-23-10)7-18-15(21)20(2)8-11-3-5-13(6-4-11)22-14(16)17/h3-6,9,14H,7-8H2,1-2H3,(H,18,21). The molecule has 0 spiro atoms. The van der Waals surface area contributed by atoms with Gasteiger partial charge in [-0.3, -0.25) is 0 Å². The van der Waals surface area contributed by atoms with Crippen molar-refractivity contribution < 1.29 is 18.3 Å². The van der Waals surface area contributed by atoms with E-state index in [2.05, 4.69) is 15.0 Å². The lowest BCUT2D eigenvalue weighted by Crippen LogP contribution is -2.36. The third-order valence-corrected chi connectivity index (χ3v) is 3.82. The first-order valence-electron chi connectivity index (χ1n) is 6.88. The highest BCUT2D eigenvalue weighted by molar-refractivity contribution is 7.09. The van der Waals surface area contributed by atoms with Crippen LogP contribution in [0, 0.1) is 6.92 Å². The number of benzene rings is 1. The molecule has 1 N–H and O–H groups in total. The highest BCUT2D eigenvalue weighted by atomic mass is 32.1. The van der Waals surface area contributed by atoms with E-state index in [0.29, 0.717) is 13.1 Å². The molecule has 2 aromatic rings. The molecule has 0 aliphatic heterocycles. The number of hydrogen-bond acceptors (Lipinski definition) is 4. The summed E-state index contributed by atoms with van der Waals surface area (Å²) in [6.07, 6.45) is 0. The maximum Gasteiger partial charge on any atom is 0.387 e. The molecular weight excluding hydrogens is 324 g/mol. The zero-order chi connectivity index (χ0) is 16.8. The number of carbonyl (C=O) groups is 1. The summed E-state index contributed by atoms with van der Waals surface area (Å²) in [7, 11) is 1.66. The number of urea groups is 1. The van der Waals surface area contributed by atoms with Crippen molar-refractivity contribution in [2.45, 2.75) is 26.6 Å². The van der Waals surface area contributed by atoms with Crippen molar-refractivity contribution in [1.29, 1.82) is 0 Å². The van der Waals surface area contributed by atoms with Crippen molar-refractivity contribution in [3.8, 4) is 5.75 Å². The second-order valence-corrected chi connectivity index (χ2v) is 5.96. The van der Waals surface area contributed by atoms with Gasteiger partial charge in [-0.05, 0) is 24.6 Å². The van der Waals surface area contributed by atoms with Crippen LogP contribution in [0.25, 0.3) is 0 Å². The summed E-state index contributed by atoms with van der Waals surface area (Å²) in [5.74, 6) is 0.0924. The SMILES string of the molecule is Cc1nc(CNC(=O)N(C)Cc2ccc(OC(F)F)cc2)cs1. The molecule has 0 radical (unpaired) electrons. The first-order valence-corrected chi connectivity index (χ1v) is 7.75. The number of ether oxygens (including phenoxy) is 1. The minimum atomic E-state index is -2.84. The summed E-state index contributed by atoms with van der Waals surface area (Å²) in [6.45, 7) is -0.210. The monoisotopic (exact) mass is 341 g/mol. The Hall–Kier alpha value is -2.22. The molecule has 23 heavy (non-hydrogen) atoms. The number of carbonyl (C=O) groups excluding carboxylic acids is 1. The molecule has 2 amide bonds. The Balaban J connectivity index is 1.82. The number of aryl methyl sites for hydroxylation is 1. The van der Waals surface area contributed by atoms with Crippen molar-refractivity contribution in [2.24, 2.45) is 0 Å². The number of alkyl halides is 2. The van der Waals surface area contributed by atoms with Gasteiger partial charge in [0.2, 0.25) is 0 Å². The molecule has 5 nitrogen and oxygen atoms in total. The Morgan fingerprint density at radius 1 is 1.39 bits per heavy atom. The van der Waals surface area contributed by atoms with Gasteiger partial charge in [-0.2, -0.15) is 8.78 Å². The fourth-order valence-corrected chi connectivity index (χ4v) is 2.53. The largest absolute Gasteiger partial charge is 0.435 e. The number of aromatic nitrogens is 1. The normalized spacial score (nSPS) is 10.7. The van der Waals surface area contributed by atoms with E-state index in [9.17, 15) is 13.6 Å². The zero-order valence-corrected chi connectivity index (χ0v) is 13.6. The summed E-state index contributed by atoms with van der Waals surface area (Å²) in [5.41, 5.74) is 1.64. The topological polar surface area (TPSA) is 54.5 Å². The third-order valence-electron chi connectivity index (χ3n) is 3.00. The van der Waals surface area contributed by atoms with E-state index >= 15 is 0 Å². The van der Waals surface area contributed by atoms with Crippen molar-refractivity contribution >= 4 is 17.4 Å². The van der Waals surface area contributed by atoms with E-state index in [1.165, 1.54) is 28.4 Å². The van der Waals surface area contributed by atoms with Crippen LogP contribution >= 0.6 is 11.3 Å². The quantitative estimate of drug-likeness (QED) is 0.876. The number of halogens is 2. The molecule has 1 aromatic carbocycles. The summed E-state index contributed by atoms with van der Waals surface area (Å²) in [5, 5.41) is 5.63. The van der Waals surface area contributed by atoms with Crippen LogP contribution in [0.1, 0.15) is 16.3 Å². The van der Waals surface area contributed by atoms with E-state index in [-0.39, 0.29) is 11.8 Å². The van der Waals surface area contributed by atoms with Crippen LogP contribution < -0.4 is 10.1 Å². The van der Waals surface area contributed by atoms with Gasteiger partial charge in [-0.25, -0.2) is 9.78 Å². The van der Waals surface area contributed by atoms with Gasteiger partial charge in [0.15, 0.2) is 0 Å². The van der Waals surface area contributed by atoms with Gasteiger partial charge < -0.3 is 15.0 Å². The van der Waals surface area contributed by atoms with E-state index in [0.717, 1.165) is 16.3 Å². The van der Waals surface area contributed by atoms with Gasteiger partial charge >= 0.3 is 12.6 Å². The molecule has 0 fully saturated rings. The lowest BCUT2D eigenvalue weighted by Gasteiger charge is -2.18. The first kappa shape index (κ1) is 17.1. The van der Waals surface area contributed by atoms with Gasteiger partial charge in [-0.1, -0.05) is 12.1 Å². The fourth-order valence-electron chi connectivity index (χ4n) is 1.91. The Morgan fingerprint density at radius 2 is 2.09 bits per heavy atom. The number of nitrogens with zero attached hydrogens (tertiary/aromatic N) is 2. The summed E-state index contributed by atoms with van der Waals surface area (Å²) < 4.78 is 28.4. The summed E-state index contributed by atoms with van der Waals surface area (Å²) in [4.78, 5) is 17.8. The summed E-state index contributed by atoms with van der Waals surface area (Å²) >= 11 is 1.53. The molecular formula is C15H17F2N3O2S. The zero-order valence-electron chi connectivity index (χ0n) is 12.8. The van der Waals surface area contributed by atoms with Crippen LogP contribution in [-0.4, -0.2) is 29.6 Å². The third kappa shape index (κ3) is 5.48. The lowest BCUT2D eigenvalue weighted by atomic mass is 10.2. The lowest BCUT2D eigenvalue weighted by molar-refractivity contribution is -0.0498. The molecule has 0 saturated carbocycles. The average molecular weight is 341 g/mol. The van der Waals surface area contributed by atoms with Gasteiger partial charge in [0, 0.05) is 19.0 Å². The molecule has 0 atom stereocenters. The second-order valence-electron chi connectivity index (χ2n) is 4.90. The van der Waals surface area contributed by atoms with Crippen molar-refractivity contribution in [3.63, 3.8) is 0 Å². The number of hydrogen-bond donors (Lipinski definition) is 1. The van der Waals surface area contributed by atoms with E-state index in [4.69, 9.17) is 0 Å². The maximum absolute atomic E-state index is 12.1. The maximum atomic E-state index is 12.1. The minimum absolute atomic E-state index is 0.0924. The molecule has 1 aromatic heterocycles. The molecule has 0 bridgehead atoms. The molecule has 0 aliphatic carbocycles. The number of thiazole rings is 1. The number of amides is 2. The van der Waals surface area contributed by atoms with Crippen LogP contribution in [0.15, 0.2) is 29.6 Å². The van der Waals surface area contributed by atoms with Crippen LogP contribution in [0.4, 0.5) is 13.6 Å². The number of nitrogens with one attached hydrogen (secondary N) is 1. The molecule has 1 heterocycles. The van der Waals surface area contributed by atoms with Gasteiger partial charge in [0.25, 0.3) is 0 Å². The predicted octanol–water partition coefficient (Wildman–Crippen LogP) is 3.39. The Bertz CT molecular complexity index is 646. The minimum Gasteiger partial charge on any atom is -0.435 e. The predicted molar refractivity (Wildman–Crippen MR) is 83.6 cm³/mol. The summed E-state index contributed by atoms with van der Waals surface area (Å²) in [6, 6.07) is 5.95. The smallest absolute Gasteiger partial charge is 0.387 e. The molecule has 0 unspecified atom stereocenters. The van der Waals surface area contributed by atoms with E-state index in [1.54, 1.807) is 19.2 Å². The van der Waals surface area contributed by atoms with E-state index < -0.39 is 6.61 Å². The highest BCUT2D eigenvalue weighted by Crippen LogP contribution is 2.15. The molecule has 8 heteroatoms. The van der Waals surface area contributed by atoms with Crippen molar-refractivity contribution in [3.05, 3.63) is 45.9 Å². The second kappa shape index (κ2) is 7.87. The highest BCUT2D eigenvalue weighted by Gasteiger charge is 2.10. The molecule has 0 saturated heterocycles. The van der Waals surface area contributed by atoms with Crippen LogP contribution in [-0.2, 0) is 13.1 Å². The Morgan fingerprint density at radius 3 is 2.65 bits per heavy atom. The average Bonchev–Trinajstić information content (AvgIpc) is 2.92. The fraction of sp³-hybridized carbons (Fsp3) is 0.333. The molecule has 2 rings (SSSR count). The van der Waals surface area contributed by atoms with Crippen LogP contribution in [0.3, 0.4) is 0 Å².